The van der Waals surface area contributed by atoms with Gasteiger partial charge in [-0.15, -0.1) is 10.2 Å². The third-order valence-corrected chi connectivity index (χ3v) is 2.95. The number of rotatable bonds is 5. The van der Waals surface area contributed by atoms with E-state index in [9.17, 15) is 0 Å². The Morgan fingerprint density at radius 1 is 1.28 bits per heavy atom. The third-order valence-electron chi connectivity index (χ3n) is 2.95. The van der Waals surface area contributed by atoms with Crippen molar-refractivity contribution in [3.8, 4) is 0 Å². The predicted octanol–water partition coefficient (Wildman–Crippen LogP) is 1.16. The number of benzene rings is 1. The minimum absolute atomic E-state index is 0.0864. The first-order valence-electron chi connectivity index (χ1n) is 5.96. The van der Waals surface area contributed by atoms with Crippen molar-refractivity contribution in [2.45, 2.75) is 26.1 Å². The molecule has 5 nitrogen and oxygen atoms in total. The van der Waals surface area contributed by atoms with Gasteiger partial charge in [-0.05, 0) is 18.1 Å². The molecule has 0 aliphatic heterocycles. The van der Waals surface area contributed by atoms with Gasteiger partial charge < -0.3 is 15.0 Å². The number of hydrogen-bond donors (Lipinski definition) is 2. The Labute approximate surface area is 106 Å². The van der Waals surface area contributed by atoms with E-state index in [1.165, 1.54) is 5.56 Å². The average molecular weight is 246 g/mol. The maximum Gasteiger partial charge on any atom is 0.149 e. The standard InChI is InChI=1S/C13H18N4O/c1-10(13-16-15-9-17(13)2)14-7-11-3-5-12(8-18)6-4-11/h3-6,9-10,14,18H,7-8H2,1-2H3. The van der Waals surface area contributed by atoms with Crippen LogP contribution in [0.25, 0.3) is 0 Å². The molecule has 0 bridgehead atoms. The van der Waals surface area contributed by atoms with Crippen LogP contribution in [0.1, 0.15) is 29.9 Å². The Morgan fingerprint density at radius 3 is 2.50 bits per heavy atom. The summed E-state index contributed by atoms with van der Waals surface area (Å²) in [4.78, 5) is 0. The number of aryl methyl sites for hydroxylation is 1. The first-order valence-corrected chi connectivity index (χ1v) is 5.96. The Kier molecular flexibility index (Phi) is 4.07. The first kappa shape index (κ1) is 12.7. The second-order valence-corrected chi connectivity index (χ2v) is 4.38. The summed E-state index contributed by atoms with van der Waals surface area (Å²) in [6.07, 6.45) is 1.70. The molecule has 1 unspecified atom stereocenters. The average Bonchev–Trinajstić information content (AvgIpc) is 2.83. The van der Waals surface area contributed by atoms with E-state index in [1.54, 1.807) is 6.33 Å². The van der Waals surface area contributed by atoms with Crippen molar-refractivity contribution < 1.29 is 5.11 Å². The van der Waals surface area contributed by atoms with E-state index in [0.717, 1.165) is 17.9 Å². The molecule has 0 fully saturated rings. The van der Waals surface area contributed by atoms with E-state index in [4.69, 9.17) is 5.11 Å². The molecule has 1 aromatic carbocycles. The van der Waals surface area contributed by atoms with E-state index in [0.29, 0.717) is 0 Å². The summed E-state index contributed by atoms with van der Waals surface area (Å²) < 4.78 is 1.91. The maximum absolute atomic E-state index is 8.97. The minimum Gasteiger partial charge on any atom is -0.392 e. The van der Waals surface area contributed by atoms with Gasteiger partial charge in [-0.3, -0.25) is 0 Å². The van der Waals surface area contributed by atoms with Crippen LogP contribution in [-0.4, -0.2) is 19.9 Å². The molecule has 0 radical (unpaired) electrons. The second-order valence-electron chi connectivity index (χ2n) is 4.38. The summed E-state index contributed by atoms with van der Waals surface area (Å²) in [5.74, 6) is 0.918. The van der Waals surface area contributed by atoms with Crippen LogP contribution in [-0.2, 0) is 20.2 Å². The van der Waals surface area contributed by atoms with E-state index in [-0.39, 0.29) is 12.6 Å². The highest BCUT2D eigenvalue weighted by Gasteiger charge is 2.10. The van der Waals surface area contributed by atoms with Gasteiger partial charge in [0.05, 0.1) is 12.6 Å². The van der Waals surface area contributed by atoms with Gasteiger partial charge >= 0.3 is 0 Å². The molecule has 0 saturated carbocycles. The summed E-state index contributed by atoms with van der Waals surface area (Å²) in [6.45, 7) is 2.91. The largest absolute Gasteiger partial charge is 0.392 e. The molecule has 2 rings (SSSR count). The van der Waals surface area contributed by atoms with Crippen LogP contribution < -0.4 is 5.32 Å². The van der Waals surface area contributed by atoms with Crippen molar-refractivity contribution in [3.05, 3.63) is 47.5 Å². The first-order chi connectivity index (χ1) is 8.70. The summed E-state index contributed by atoms with van der Waals surface area (Å²) >= 11 is 0. The molecule has 0 amide bonds. The normalized spacial score (nSPS) is 12.6. The third kappa shape index (κ3) is 2.94. The van der Waals surface area contributed by atoms with E-state index >= 15 is 0 Å². The number of aliphatic hydroxyl groups is 1. The zero-order valence-corrected chi connectivity index (χ0v) is 10.7. The predicted molar refractivity (Wildman–Crippen MR) is 68.6 cm³/mol. The van der Waals surface area contributed by atoms with Gasteiger partial charge in [-0.2, -0.15) is 0 Å². The summed E-state index contributed by atoms with van der Waals surface area (Å²) in [5.41, 5.74) is 2.11. The molecule has 1 heterocycles. The lowest BCUT2D eigenvalue weighted by atomic mass is 10.1. The van der Waals surface area contributed by atoms with Crippen molar-refractivity contribution in [2.24, 2.45) is 7.05 Å². The molecular formula is C13H18N4O. The lowest BCUT2D eigenvalue weighted by Crippen LogP contribution is -2.21. The minimum atomic E-state index is 0.0864. The molecule has 2 aromatic rings. The van der Waals surface area contributed by atoms with Crippen LogP contribution in [0.5, 0.6) is 0 Å². The molecule has 1 aromatic heterocycles. The molecule has 0 aliphatic rings. The van der Waals surface area contributed by atoms with Crippen molar-refractivity contribution in [2.75, 3.05) is 0 Å². The summed E-state index contributed by atoms with van der Waals surface area (Å²) in [6, 6.07) is 8.05. The van der Waals surface area contributed by atoms with Crippen LogP contribution >= 0.6 is 0 Å². The summed E-state index contributed by atoms with van der Waals surface area (Å²) in [5, 5.41) is 20.3. The van der Waals surface area contributed by atoms with Gasteiger partial charge in [0.15, 0.2) is 0 Å². The smallest absolute Gasteiger partial charge is 0.149 e. The Morgan fingerprint density at radius 2 is 1.94 bits per heavy atom. The fraction of sp³-hybridized carbons (Fsp3) is 0.385. The Balaban J connectivity index is 1.93. The molecular weight excluding hydrogens is 228 g/mol. The fourth-order valence-electron chi connectivity index (χ4n) is 1.81. The molecule has 0 aliphatic carbocycles. The molecule has 96 valence electrons. The molecule has 2 N–H and O–H groups in total. The van der Waals surface area contributed by atoms with Gasteiger partial charge in [0.25, 0.3) is 0 Å². The zero-order chi connectivity index (χ0) is 13.0. The molecule has 18 heavy (non-hydrogen) atoms. The van der Waals surface area contributed by atoms with Crippen LogP contribution in [0.3, 0.4) is 0 Å². The second kappa shape index (κ2) is 5.75. The van der Waals surface area contributed by atoms with Crippen molar-refractivity contribution in [1.82, 2.24) is 20.1 Å². The van der Waals surface area contributed by atoms with Crippen molar-refractivity contribution >= 4 is 0 Å². The number of hydrogen-bond acceptors (Lipinski definition) is 4. The number of aromatic nitrogens is 3. The fourth-order valence-corrected chi connectivity index (χ4v) is 1.81. The lowest BCUT2D eigenvalue weighted by Gasteiger charge is -2.13. The van der Waals surface area contributed by atoms with Crippen LogP contribution in [0, 0.1) is 0 Å². The Hall–Kier alpha value is -1.72. The van der Waals surface area contributed by atoms with Crippen LogP contribution in [0.15, 0.2) is 30.6 Å². The molecule has 5 heteroatoms. The van der Waals surface area contributed by atoms with Gasteiger partial charge in [-0.25, -0.2) is 0 Å². The zero-order valence-electron chi connectivity index (χ0n) is 10.7. The van der Waals surface area contributed by atoms with Gasteiger partial charge in [0, 0.05) is 13.6 Å². The number of nitrogens with zero attached hydrogens (tertiary/aromatic N) is 3. The quantitative estimate of drug-likeness (QED) is 0.831. The number of nitrogens with one attached hydrogen (secondary N) is 1. The van der Waals surface area contributed by atoms with E-state index in [2.05, 4.69) is 22.4 Å². The van der Waals surface area contributed by atoms with Gasteiger partial charge in [0.2, 0.25) is 0 Å². The van der Waals surface area contributed by atoms with Crippen molar-refractivity contribution in [1.29, 1.82) is 0 Å². The van der Waals surface area contributed by atoms with Crippen LogP contribution in [0.2, 0.25) is 0 Å². The van der Waals surface area contributed by atoms with Gasteiger partial charge in [-0.1, -0.05) is 24.3 Å². The van der Waals surface area contributed by atoms with Crippen molar-refractivity contribution in [3.63, 3.8) is 0 Å². The molecule has 1 atom stereocenters. The maximum atomic E-state index is 8.97. The SMILES string of the molecule is CC(NCc1ccc(CO)cc1)c1nncn1C. The summed E-state index contributed by atoms with van der Waals surface area (Å²) in [7, 11) is 1.93. The highest BCUT2D eigenvalue weighted by Crippen LogP contribution is 2.09. The highest BCUT2D eigenvalue weighted by atomic mass is 16.3. The van der Waals surface area contributed by atoms with Gasteiger partial charge in [0.1, 0.15) is 12.2 Å². The monoisotopic (exact) mass is 246 g/mol. The Bertz CT molecular complexity index is 492. The van der Waals surface area contributed by atoms with Crippen LogP contribution in [0.4, 0.5) is 0 Å². The molecule has 0 saturated heterocycles. The van der Waals surface area contributed by atoms with E-state index < -0.39 is 0 Å². The van der Waals surface area contributed by atoms with E-state index in [1.807, 2.05) is 35.9 Å². The topological polar surface area (TPSA) is 63.0 Å². The molecule has 0 spiro atoms. The lowest BCUT2D eigenvalue weighted by molar-refractivity contribution is 0.282. The highest BCUT2D eigenvalue weighted by molar-refractivity contribution is 5.21. The number of aliphatic hydroxyl groups excluding tert-OH is 1.